The van der Waals surface area contributed by atoms with E-state index in [1.165, 1.54) is 11.1 Å². The zero-order valence-electron chi connectivity index (χ0n) is 10.7. The molecule has 0 aromatic heterocycles. The van der Waals surface area contributed by atoms with Crippen LogP contribution in [0.2, 0.25) is 5.02 Å². The smallest absolute Gasteiger partial charge is 0.122 e. The molecule has 2 heteroatoms. The van der Waals surface area contributed by atoms with Gasteiger partial charge in [0.1, 0.15) is 5.75 Å². The van der Waals surface area contributed by atoms with E-state index in [1.54, 1.807) is 7.11 Å². The van der Waals surface area contributed by atoms with Gasteiger partial charge in [-0.25, -0.2) is 0 Å². The van der Waals surface area contributed by atoms with Crippen LogP contribution < -0.4 is 4.74 Å². The second kappa shape index (κ2) is 5.92. The van der Waals surface area contributed by atoms with Crippen LogP contribution in [0.3, 0.4) is 0 Å². The first-order valence-corrected chi connectivity index (χ1v) is 6.52. The lowest BCUT2D eigenvalue weighted by Gasteiger charge is -2.19. The van der Waals surface area contributed by atoms with Crippen molar-refractivity contribution in [3.8, 4) is 5.75 Å². The van der Waals surface area contributed by atoms with Crippen LogP contribution in [0.5, 0.6) is 5.75 Å². The van der Waals surface area contributed by atoms with Gasteiger partial charge in [0.15, 0.2) is 0 Å². The number of rotatable bonds is 4. The summed E-state index contributed by atoms with van der Waals surface area (Å²) < 4.78 is 5.45. The maximum absolute atomic E-state index is 6.08. The minimum Gasteiger partial charge on any atom is -0.496 e. The maximum Gasteiger partial charge on any atom is 0.122 e. The van der Waals surface area contributed by atoms with Gasteiger partial charge in [-0.3, -0.25) is 0 Å². The Morgan fingerprint density at radius 1 is 1.11 bits per heavy atom. The van der Waals surface area contributed by atoms with Gasteiger partial charge in [-0.2, -0.15) is 0 Å². The Kier molecular flexibility index (Phi) is 4.27. The summed E-state index contributed by atoms with van der Waals surface area (Å²) in [5, 5.41) is 0.779. The van der Waals surface area contributed by atoms with Crippen LogP contribution in [0.15, 0.2) is 48.5 Å². The molecule has 0 aliphatic rings. The molecule has 0 saturated heterocycles. The lowest BCUT2D eigenvalue weighted by molar-refractivity contribution is 0.407. The van der Waals surface area contributed by atoms with E-state index in [2.05, 4.69) is 19.1 Å². The Morgan fingerprint density at radius 2 is 1.89 bits per heavy atom. The summed E-state index contributed by atoms with van der Waals surface area (Å²) in [6, 6.07) is 16.2. The van der Waals surface area contributed by atoms with Crippen molar-refractivity contribution in [3.05, 3.63) is 64.7 Å². The topological polar surface area (TPSA) is 9.23 Å². The second-order valence-electron chi connectivity index (χ2n) is 4.26. The van der Waals surface area contributed by atoms with E-state index in [9.17, 15) is 0 Å². The van der Waals surface area contributed by atoms with Crippen LogP contribution in [0.4, 0.5) is 0 Å². The summed E-state index contributed by atoms with van der Waals surface area (Å²) in [7, 11) is 1.71. The predicted molar refractivity (Wildman–Crippen MR) is 76.6 cm³/mol. The van der Waals surface area contributed by atoms with Crippen molar-refractivity contribution < 1.29 is 4.74 Å². The Bertz CT molecular complexity index is 522. The summed E-state index contributed by atoms with van der Waals surface area (Å²) in [5.74, 6) is 1.25. The quantitative estimate of drug-likeness (QED) is 0.760. The summed E-state index contributed by atoms with van der Waals surface area (Å²) >= 11 is 6.08. The van der Waals surface area contributed by atoms with Crippen molar-refractivity contribution in [2.45, 2.75) is 19.3 Å². The summed E-state index contributed by atoms with van der Waals surface area (Å²) in [6.07, 6.45) is 1.01. The molecule has 2 rings (SSSR count). The number of hydrogen-bond donors (Lipinski definition) is 0. The Hall–Kier alpha value is -1.47. The normalized spacial score (nSPS) is 12.2. The highest BCUT2D eigenvalue weighted by atomic mass is 35.5. The molecule has 2 aromatic carbocycles. The molecule has 94 valence electrons. The Labute approximate surface area is 113 Å². The standard InChI is InChI=1S/C16H17ClO/c1-3-14(12-7-6-8-13(17)11-12)15-9-4-5-10-16(15)18-2/h4-11,14H,3H2,1-2H3. The molecule has 0 aliphatic heterocycles. The van der Waals surface area contributed by atoms with E-state index in [0.717, 1.165) is 17.2 Å². The zero-order chi connectivity index (χ0) is 13.0. The van der Waals surface area contributed by atoms with Crippen molar-refractivity contribution >= 4 is 11.6 Å². The van der Waals surface area contributed by atoms with E-state index in [-0.39, 0.29) is 0 Å². The number of ether oxygens (including phenoxy) is 1. The van der Waals surface area contributed by atoms with Crippen LogP contribution in [0, 0.1) is 0 Å². The molecule has 2 aromatic rings. The summed E-state index contributed by atoms with van der Waals surface area (Å²) in [4.78, 5) is 0. The zero-order valence-corrected chi connectivity index (χ0v) is 11.4. The number of halogens is 1. The molecule has 0 heterocycles. The van der Waals surface area contributed by atoms with E-state index in [0.29, 0.717) is 5.92 Å². The van der Waals surface area contributed by atoms with Gasteiger partial charge in [0.25, 0.3) is 0 Å². The first-order chi connectivity index (χ1) is 8.76. The molecule has 1 nitrogen and oxygen atoms in total. The average Bonchev–Trinajstić information content (AvgIpc) is 2.40. The molecule has 0 saturated carbocycles. The molecule has 1 unspecified atom stereocenters. The van der Waals surface area contributed by atoms with Gasteiger partial charge < -0.3 is 4.74 Å². The van der Waals surface area contributed by atoms with Gasteiger partial charge >= 0.3 is 0 Å². The molecule has 18 heavy (non-hydrogen) atoms. The molecular formula is C16H17ClO. The largest absolute Gasteiger partial charge is 0.496 e. The molecular weight excluding hydrogens is 244 g/mol. The molecule has 1 atom stereocenters. The first-order valence-electron chi connectivity index (χ1n) is 6.14. The minimum absolute atomic E-state index is 0.319. The third-order valence-electron chi connectivity index (χ3n) is 3.17. The molecule has 0 spiro atoms. The lowest BCUT2D eigenvalue weighted by Crippen LogP contribution is -2.02. The highest BCUT2D eigenvalue weighted by Gasteiger charge is 2.16. The fraction of sp³-hybridized carbons (Fsp3) is 0.250. The predicted octanol–water partition coefficient (Wildman–Crippen LogP) is 4.89. The number of para-hydroxylation sites is 1. The van der Waals surface area contributed by atoms with Crippen molar-refractivity contribution in [2.24, 2.45) is 0 Å². The van der Waals surface area contributed by atoms with Gasteiger partial charge in [0.2, 0.25) is 0 Å². The van der Waals surface area contributed by atoms with Crippen molar-refractivity contribution in [1.82, 2.24) is 0 Å². The fourth-order valence-corrected chi connectivity index (χ4v) is 2.51. The molecule has 0 radical (unpaired) electrons. The van der Waals surface area contributed by atoms with Crippen LogP contribution >= 0.6 is 11.6 Å². The number of methoxy groups -OCH3 is 1. The van der Waals surface area contributed by atoms with E-state index in [1.807, 2.05) is 36.4 Å². The van der Waals surface area contributed by atoms with Gasteiger partial charge in [0.05, 0.1) is 7.11 Å². The van der Waals surface area contributed by atoms with Crippen LogP contribution in [-0.2, 0) is 0 Å². The summed E-state index contributed by atoms with van der Waals surface area (Å²) in [6.45, 7) is 2.18. The van der Waals surface area contributed by atoms with E-state index >= 15 is 0 Å². The van der Waals surface area contributed by atoms with E-state index in [4.69, 9.17) is 16.3 Å². The monoisotopic (exact) mass is 260 g/mol. The molecule has 0 bridgehead atoms. The molecule has 0 fully saturated rings. The first kappa shape index (κ1) is 13.0. The van der Waals surface area contributed by atoms with Crippen molar-refractivity contribution in [3.63, 3.8) is 0 Å². The third-order valence-corrected chi connectivity index (χ3v) is 3.41. The van der Waals surface area contributed by atoms with Crippen LogP contribution in [0.25, 0.3) is 0 Å². The molecule has 0 aliphatic carbocycles. The number of hydrogen-bond acceptors (Lipinski definition) is 1. The highest BCUT2D eigenvalue weighted by molar-refractivity contribution is 6.30. The van der Waals surface area contributed by atoms with Gasteiger partial charge in [0, 0.05) is 16.5 Å². The lowest BCUT2D eigenvalue weighted by atomic mass is 9.88. The Morgan fingerprint density at radius 3 is 2.56 bits per heavy atom. The minimum atomic E-state index is 0.319. The fourth-order valence-electron chi connectivity index (χ4n) is 2.31. The Balaban J connectivity index is 2.45. The van der Waals surface area contributed by atoms with Crippen molar-refractivity contribution in [2.75, 3.05) is 7.11 Å². The second-order valence-corrected chi connectivity index (χ2v) is 4.69. The summed E-state index contributed by atoms with van der Waals surface area (Å²) in [5.41, 5.74) is 2.44. The molecule has 0 N–H and O–H groups in total. The van der Waals surface area contributed by atoms with Crippen molar-refractivity contribution in [1.29, 1.82) is 0 Å². The number of benzene rings is 2. The van der Waals surface area contributed by atoms with Gasteiger partial charge in [-0.05, 0) is 30.2 Å². The van der Waals surface area contributed by atoms with Crippen LogP contribution in [0.1, 0.15) is 30.4 Å². The van der Waals surface area contributed by atoms with Crippen LogP contribution in [-0.4, -0.2) is 7.11 Å². The highest BCUT2D eigenvalue weighted by Crippen LogP contribution is 2.34. The molecule has 0 amide bonds. The SMILES string of the molecule is CCC(c1cccc(Cl)c1)c1ccccc1OC. The van der Waals surface area contributed by atoms with Gasteiger partial charge in [-0.15, -0.1) is 0 Å². The van der Waals surface area contributed by atoms with Gasteiger partial charge in [-0.1, -0.05) is 48.9 Å². The maximum atomic E-state index is 6.08. The third kappa shape index (κ3) is 2.68. The average molecular weight is 261 g/mol. The van der Waals surface area contributed by atoms with E-state index < -0.39 is 0 Å².